The molecule has 0 aromatic carbocycles. The van der Waals surface area contributed by atoms with Crippen molar-refractivity contribution >= 4 is 21.3 Å². The summed E-state index contributed by atoms with van der Waals surface area (Å²) in [5.74, 6) is 0.231. The third-order valence-electron chi connectivity index (χ3n) is 2.31. The zero-order chi connectivity index (χ0) is 10.1. The number of fused-ring (bicyclic) bond motifs is 1. The van der Waals surface area contributed by atoms with E-state index in [1.165, 1.54) is 0 Å². The molecule has 0 saturated heterocycles. The molecule has 3 rings (SSSR count). The molecule has 14 heavy (non-hydrogen) atoms. The number of nitriles is 1. The van der Waals surface area contributed by atoms with Crippen LogP contribution in [0.15, 0.2) is 9.31 Å². The summed E-state index contributed by atoms with van der Waals surface area (Å²) in [6, 6.07) is 1.81. The molecule has 2 bridgehead atoms. The van der Waals surface area contributed by atoms with Crippen LogP contribution in [0.3, 0.4) is 0 Å². The molecule has 0 N–H and O–H groups in total. The molecule has 2 aromatic rings. The molecular formula is C8H3NO4S. The first-order chi connectivity index (χ1) is 6.56. The van der Waals surface area contributed by atoms with Crippen LogP contribution in [0.1, 0.15) is 11.1 Å². The Balaban J connectivity index is 2.65. The van der Waals surface area contributed by atoms with Crippen molar-refractivity contribution in [3.63, 3.8) is 0 Å². The number of benzene rings is 1. The summed E-state index contributed by atoms with van der Waals surface area (Å²) in [6.45, 7) is 1.66. The summed E-state index contributed by atoms with van der Waals surface area (Å²) in [5, 5.41) is 8.79. The van der Waals surface area contributed by atoms with Crippen molar-refractivity contribution in [1.82, 2.24) is 0 Å². The molecule has 1 aliphatic rings. The zero-order valence-electron chi connectivity index (χ0n) is 6.99. The van der Waals surface area contributed by atoms with Crippen LogP contribution in [0.5, 0.6) is 5.75 Å². The Morgan fingerprint density at radius 3 is 2.71 bits per heavy atom. The van der Waals surface area contributed by atoms with Crippen molar-refractivity contribution in [2.75, 3.05) is 0 Å². The molecule has 3 heterocycles. The van der Waals surface area contributed by atoms with Gasteiger partial charge in [0.2, 0.25) is 0 Å². The van der Waals surface area contributed by atoms with E-state index in [9.17, 15) is 8.42 Å². The van der Waals surface area contributed by atoms with E-state index in [4.69, 9.17) is 13.9 Å². The minimum absolute atomic E-state index is 0.0544. The van der Waals surface area contributed by atoms with Gasteiger partial charge >= 0.3 is 10.1 Å². The highest BCUT2D eigenvalue weighted by atomic mass is 32.2. The van der Waals surface area contributed by atoms with Crippen LogP contribution >= 0.6 is 0 Å². The van der Waals surface area contributed by atoms with Gasteiger partial charge in [-0.3, -0.25) is 0 Å². The van der Waals surface area contributed by atoms with Crippen molar-refractivity contribution in [1.29, 1.82) is 5.26 Å². The first-order valence-electron chi connectivity index (χ1n) is 3.79. The lowest BCUT2D eigenvalue weighted by atomic mass is 10.1. The largest absolute Gasteiger partial charge is 0.450 e. The molecule has 0 spiro atoms. The van der Waals surface area contributed by atoms with Gasteiger partial charge in [0.1, 0.15) is 11.6 Å². The molecule has 0 radical (unpaired) electrons. The molecule has 6 heteroatoms. The second-order valence-corrected chi connectivity index (χ2v) is 4.55. The van der Waals surface area contributed by atoms with Gasteiger partial charge in [-0.2, -0.15) is 13.7 Å². The molecule has 0 fully saturated rings. The maximum Gasteiger partial charge on any atom is 0.344 e. The highest BCUT2D eigenvalue weighted by Gasteiger charge is 2.42. The van der Waals surface area contributed by atoms with Crippen molar-refractivity contribution < 1.29 is 17.0 Å². The van der Waals surface area contributed by atoms with Gasteiger partial charge in [-0.05, 0) is 6.92 Å². The molecule has 2 aromatic heterocycles. The summed E-state index contributed by atoms with van der Waals surface area (Å²) in [6.07, 6.45) is 0. The fourth-order valence-corrected chi connectivity index (χ4v) is 2.95. The SMILES string of the molecule is Cc1c2c3oc1c(C#N)c3S(=O)(=O)O2. The molecule has 1 aliphatic heterocycles. The number of furan rings is 2. The highest BCUT2D eigenvalue weighted by molar-refractivity contribution is 7.87. The predicted octanol–water partition coefficient (Wildman–Crippen LogP) is 1.13. The Hall–Kier alpha value is -1.74. The van der Waals surface area contributed by atoms with Crippen molar-refractivity contribution in [3.8, 4) is 11.8 Å². The summed E-state index contributed by atoms with van der Waals surface area (Å²) < 4.78 is 32.7. The third-order valence-corrected chi connectivity index (χ3v) is 3.58. The lowest BCUT2D eigenvalue weighted by Gasteiger charge is -1.92. The van der Waals surface area contributed by atoms with E-state index in [2.05, 4.69) is 0 Å². The average Bonchev–Trinajstić information content (AvgIpc) is 2.67. The second kappa shape index (κ2) is 1.86. The lowest BCUT2D eigenvalue weighted by Crippen LogP contribution is -2.03. The molecule has 0 atom stereocenters. The monoisotopic (exact) mass is 209 g/mol. The van der Waals surface area contributed by atoms with Gasteiger partial charge in [-0.1, -0.05) is 0 Å². The number of rotatable bonds is 0. The molecular weight excluding hydrogens is 206 g/mol. The van der Waals surface area contributed by atoms with Gasteiger partial charge < -0.3 is 8.60 Å². The highest BCUT2D eigenvalue weighted by Crippen LogP contribution is 2.49. The molecule has 0 unspecified atom stereocenters. The Morgan fingerprint density at radius 1 is 1.36 bits per heavy atom. The normalized spacial score (nSPS) is 17.1. The molecule has 5 nitrogen and oxygen atoms in total. The number of aryl methyl sites for hydroxylation is 1. The van der Waals surface area contributed by atoms with Crippen molar-refractivity contribution in [3.05, 3.63) is 11.1 Å². The maximum atomic E-state index is 11.4. The molecule has 0 aliphatic carbocycles. The smallest absolute Gasteiger partial charge is 0.344 e. The molecule has 0 saturated carbocycles. The van der Waals surface area contributed by atoms with Gasteiger partial charge in [0, 0.05) is 5.56 Å². The minimum Gasteiger partial charge on any atom is -0.450 e. The Bertz CT molecular complexity index is 689. The number of hydrogen-bond acceptors (Lipinski definition) is 5. The van der Waals surface area contributed by atoms with E-state index in [-0.39, 0.29) is 21.8 Å². The average molecular weight is 209 g/mol. The number of nitrogens with zero attached hydrogens (tertiary/aromatic N) is 1. The first-order valence-corrected chi connectivity index (χ1v) is 5.20. The molecule has 0 amide bonds. The summed E-state index contributed by atoms with van der Waals surface area (Å²) in [4.78, 5) is -0.115. The van der Waals surface area contributed by atoms with Crippen molar-refractivity contribution in [2.45, 2.75) is 11.8 Å². The van der Waals surface area contributed by atoms with Crippen LogP contribution < -0.4 is 4.18 Å². The van der Waals surface area contributed by atoms with E-state index in [1.807, 2.05) is 6.07 Å². The predicted molar refractivity (Wildman–Crippen MR) is 44.7 cm³/mol. The van der Waals surface area contributed by atoms with Gasteiger partial charge in [-0.25, -0.2) is 0 Å². The quantitative estimate of drug-likeness (QED) is 0.607. The topological polar surface area (TPSA) is 80.3 Å². The van der Waals surface area contributed by atoms with Crippen LogP contribution in [0.2, 0.25) is 0 Å². The fourth-order valence-electron chi connectivity index (χ4n) is 1.69. The van der Waals surface area contributed by atoms with Crippen LogP contribution in [0, 0.1) is 18.3 Å². The lowest BCUT2D eigenvalue weighted by molar-refractivity contribution is 0.497. The van der Waals surface area contributed by atoms with Crippen LogP contribution in [0.25, 0.3) is 11.2 Å². The summed E-state index contributed by atoms with van der Waals surface area (Å²) >= 11 is 0. The van der Waals surface area contributed by atoms with E-state index < -0.39 is 10.1 Å². The van der Waals surface area contributed by atoms with E-state index in [0.29, 0.717) is 11.1 Å². The van der Waals surface area contributed by atoms with Crippen LogP contribution in [-0.4, -0.2) is 8.42 Å². The van der Waals surface area contributed by atoms with Gasteiger partial charge in [-0.15, -0.1) is 0 Å². The third kappa shape index (κ3) is 0.571. The fraction of sp³-hybridized carbons (Fsp3) is 0.125. The first kappa shape index (κ1) is 7.64. The van der Waals surface area contributed by atoms with Crippen LogP contribution in [0.4, 0.5) is 0 Å². The van der Waals surface area contributed by atoms with Crippen LogP contribution in [-0.2, 0) is 10.1 Å². The Labute approximate surface area is 79.0 Å². The minimum atomic E-state index is -3.81. The standard InChI is InChI=1S/C8H3NO4S/c1-3-5-4(2-9)8-7(12-5)6(3)13-14(8,10)11/h1H3. The Morgan fingerprint density at radius 2 is 2.07 bits per heavy atom. The van der Waals surface area contributed by atoms with Crippen molar-refractivity contribution in [2.24, 2.45) is 0 Å². The van der Waals surface area contributed by atoms with Gasteiger partial charge in [0.05, 0.1) is 0 Å². The van der Waals surface area contributed by atoms with E-state index >= 15 is 0 Å². The maximum absolute atomic E-state index is 11.4. The summed E-state index contributed by atoms with van der Waals surface area (Å²) in [5.41, 5.74) is 1.11. The second-order valence-electron chi connectivity index (χ2n) is 3.07. The summed E-state index contributed by atoms with van der Waals surface area (Å²) in [7, 11) is -3.81. The van der Waals surface area contributed by atoms with E-state index in [1.54, 1.807) is 6.92 Å². The van der Waals surface area contributed by atoms with Gasteiger partial charge in [0.15, 0.2) is 21.8 Å². The molecule has 70 valence electrons. The van der Waals surface area contributed by atoms with E-state index in [0.717, 1.165) is 0 Å². The van der Waals surface area contributed by atoms with Gasteiger partial charge in [0.25, 0.3) is 0 Å². The number of hydrogen-bond donors (Lipinski definition) is 0. The zero-order valence-corrected chi connectivity index (χ0v) is 7.80. The Kier molecular flexibility index (Phi) is 1.01.